The number of nitrogens with zero attached hydrogens (tertiary/aromatic N) is 1. The second-order valence-corrected chi connectivity index (χ2v) is 5.44. The van der Waals surface area contributed by atoms with Crippen LogP contribution < -0.4 is 10.2 Å². The normalized spacial score (nSPS) is 16.3. The smallest absolute Gasteiger partial charge is 0.244 e. The molecule has 1 saturated heterocycles. The number of rotatable bonds is 6. The Hall–Kier alpha value is -2.14. The Morgan fingerprint density at radius 1 is 1.41 bits per heavy atom. The van der Waals surface area contributed by atoms with Gasteiger partial charge in [0.15, 0.2) is 0 Å². The predicted molar refractivity (Wildman–Crippen MR) is 86.5 cm³/mol. The summed E-state index contributed by atoms with van der Waals surface area (Å²) in [6.07, 6.45) is 4.80. The topological polar surface area (TPSA) is 58.6 Å². The predicted octanol–water partition coefficient (Wildman–Crippen LogP) is 1.98. The Bertz CT molecular complexity index is 552. The standard InChI is InChI=1S/C17H22N2O3/c1-13(12-22-2)18-16(20)10-7-14-5-8-15(9-6-14)19-11-3-4-17(19)21/h5-10,13H,3-4,11-12H2,1-2H3,(H,18,20). The first-order valence-corrected chi connectivity index (χ1v) is 7.48. The van der Waals surface area contributed by atoms with Gasteiger partial charge in [0, 0.05) is 37.9 Å². The number of methoxy groups -OCH3 is 1. The lowest BCUT2D eigenvalue weighted by Crippen LogP contribution is -2.34. The van der Waals surface area contributed by atoms with Gasteiger partial charge in [0.25, 0.3) is 0 Å². The van der Waals surface area contributed by atoms with Crippen molar-refractivity contribution < 1.29 is 14.3 Å². The van der Waals surface area contributed by atoms with Gasteiger partial charge >= 0.3 is 0 Å². The molecule has 1 unspecified atom stereocenters. The number of carbonyl (C=O) groups excluding carboxylic acids is 2. The van der Waals surface area contributed by atoms with E-state index < -0.39 is 0 Å². The fourth-order valence-corrected chi connectivity index (χ4v) is 2.44. The highest BCUT2D eigenvalue weighted by atomic mass is 16.5. The van der Waals surface area contributed by atoms with Gasteiger partial charge in [-0.3, -0.25) is 9.59 Å². The highest BCUT2D eigenvalue weighted by Crippen LogP contribution is 2.21. The molecule has 1 aliphatic rings. The second-order valence-electron chi connectivity index (χ2n) is 5.44. The molecule has 1 N–H and O–H groups in total. The molecule has 1 aromatic carbocycles. The Labute approximate surface area is 130 Å². The van der Waals surface area contributed by atoms with Crippen molar-refractivity contribution in [1.82, 2.24) is 5.32 Å². The SMILES string of the molecule is COCC(C)NC(=O)C=Cc1ccc(N2CCCC2=O)cc1. The van der Waals surface area contributed by atoms with Crippen LogP contribution in [0.5, 0.6) is 0 Å². The average Bonchev–Trinajstić information content (AvgIpc) is 2.92. The van der Waals surface area contributed by atoms with Gasteiger partial charge in [0.1, 0.15) is 0 Å². The summed E-state index contributed by atoms with van der Waals surface area (Å²) < 4.78 is 4.97. The third-order valence-electron chi connectivity index (χ3n) is 3.51. The van der Waals surface area contributed by atoms with E-state index in [1.807, 2.05) is 31.2 Å². The summed E-state index contributed by atoms with van der Waals surface area (Å²) in [5.41, 5.74) is 1.84. The van der Waals surface area contributed by atoms with E-state index >= 15 is 0 Å². The van der Waals surface area contributed by atoms with Crippen molar-refractivity contribution in [3.63, 3.8) is 0 Å². The minimum atomic E-state index is -0.150. The van der Waals surface area contributed by atoms with E-state index in [1.54, 1.807) is 18.1 Å². The van der Waals surface area contributed by atoms with Crippen molar-refractivity contribution >= 4 is 23.6 Å². The van der Waals surface area contributed by atoms with Gasteiger partial charge in [-0.1, -0.05) is 12.1 Å². The molecule has 1 fully saturated rings. The fraction of sp³-hybridized carbons (Fsp3) is 0.412. The number of ether oxygens (including phenoxy) is 1. The number of amides is 2. The largest absolute Gasteiger partial charge is 0.383 e. The second kappa shape index (κ2) is 7.75. The lowest BCUT2D eigenvalue weighted by Gasteiger charge is -2.15. The minimum absolute atomic E-state index is 0.0225. The molecular weight excluding hydrogens is 280 g/mol. The molecule has 1 atom stereocenters. The average molecular weight is 302 g/mol. The van der Waals surface area contributed by atoms with Gasteiger partial charge in [0.2, 0.25) is 11.8 Å². The molecule has 0 aromatic heterocycles. The highest BCUT2D eigenvalue weighted by molar-refractivity contribution is 5.95. The highest BCUT2D eigenvalue weighted by Gasteiger charge is 2.21. The molecule has 0 saturated carbocycles. The van der Waals surface area contributed by atoms with Crippen LogP contribution >= 0.6 is 0 Å². The maximum absolute atomic E-state index is 11.7. The monoisotopic (exact) mass is 302 g/mol. The van der Waals surface area contributed by atoms with Crippen LogP contribution in [0, 0.1) is 0 Å². The number of anilines is 1. The summed E-state index contributed by atoms with van der Waals surface area (Å²) in [4.78, 5) is 25.2. The Balaban J connectivity index is 1.92. The number of hydrogen-bond donors (Lipinski definition) is 1. The third kappa shape index (κ3) is 4.43. The van der Waals surface area contributed by atoms with Gasteiger partial charge in [-0.25, -0.2) is 0 Å². The summed E-state index contributed by atoms with van der Waals surface area (Å²) in [5, 5.41) is 2.81. The molecule has 0 bridgehead atoms. The first-order valence-electron chi connectivity index (χ1n) is 7.48. The Kier molecular flexibility index (Phi) is 5.72. The van der Waals surface area contributed by atoms with Crippen LogP contribution in [0.2, 0.25) is 0 Å². The van der Waals surface area contributed by atoms with Crippen LogP contribution in [-0.4, -0.2) is 38.1 Å². The zero-order valence-electron chi connectivity index (χ0n) is 13.0. The summed E-state index contributed by atoms with van der Waals surface area (Å²) in [5.74, 6) is 0.0261. The molecule has 22 heavy (non-hydrogen) atoms. The van der Waals surface area contributed by atoms with E-state index in [4.69, 9.17) is 4.74 Å². The van der Waals surface area contributed by atoms with Gasteiger partial charge in [-0.15, -0.1) is 0 Å². The number of hydrogen-bond acceptors (Lipinski definition) is 3. The van der Waals surface area contributed by atoms with E-state index in [1.165, 1.54) is 6.08 Å². The molecule has 118 valence electrons. The van der Waals surface area contributed by atoms with Crippen molar-refractivity contribution in [2.24, 2.45) is 0 Å². The molecule has 2 amide bonds. The van der Waals surface area contributed by atoms with E-state index in [9.17, 15) is 9.59 Å². The number of nitrogens with one attached hydrogen (secondary N) is 1. The van der Waals surface area contributed by atoms with Crippen molar-refractivity contribution in [1.29, 1.82) is 0 Å². The van der Waals surface area contributed by atoms with Crippen LogP contribution in [-0.2, 0) is 14.3 Å². The summed E-state index contributed by atoms with van der Waals surface area (Å²) in [7, 11) is 1.60. The molecule has 2 rings (SSSR count). The summed E-state index contributed by atoms with van der Waals surface area (Å²) in [6, 6.07) is 7.61. The minimum Gasteiger partial charge on any atom is -0.383 e. The molecule has 1 heterocycles. The first-order chi connectivity index (χ1) is 10.6. The van der Waals surface area contributed by atoms with Crippen LogP contribution in [0.25, 0.3) is 6.08 Å². The molecule has 5 heteroatoms. The number of carbonyl (C=O) groups is 2. The first kappa shape index (κ1) is 16.2. The van der Waals surface area contributed by atoms with E-state index in [-0.39, 0.29) is 17.9 Å². The Morgan fingerprint density at radius 2 is 2.14 bits per heavy atom. The lowest BCUT2D eigenvalue weighted by molar-refractivity contribution is -0.118. The van der Waals surface area contributed by atoms with Crippen LogP contribution in [0.1, 0.15) is 25.3 Å². The number of benzene rings is 1. The molecule has 1 aliphatic heterocycles. The molecule has 0 spiro atoms. The van der Waals surface area contributed by atoms with Crippen LogP contribution in [0.3, 0.4) is 0 Å². The van der Waals surface area contributed by atoms with Gasteiger partial charge < -0.3 is 15.0 Å². The molecular formula is C17H22N2O3. The van der Waals surface area contributed by atoms with Crippen LogP contribution in [0.15, 0.2) is 30.3 Å². The van der Waals surface area contributed by atoms with Gasteiger partial charge in [0.05, 0.1) is 6.61 Å². The van der Waals surface area contributed by atoms with Crippen LogP contribution in [0.4, 0.5) is 5.69 Å². The maximum Gasteiger partial charge on any atom is 0.244 e. The fourth-order valence-electron chi connectivity index (χ4n) is 2.44. The molecule has 0 radical (unpaired) electrons. The van der Waals surface area contributed by atoms with E-state index in [2.05, 4.69) is 5.32 Å². The molecule has 0 aliphatic carbocycles. The van der Waals surface area contributed by atoms with E-state index in [0.29, 0.717) is 13.0 Å². The molecule has 5 nitrogen and oxygen atoms in total. The lowest BCUT2D eigenvalue weighted by atomic mass is 10.2. The summed E-state index contributed by atoms with van der Waals surface area (Å²) in [6.45, 7) is 3.16. The maximum atomic E-state index is 11.7. The third-order valence-corrected chi connectivity index (χ3v) is 3.51. The van der Waals surface area contributed by atoms with E-state index in [0.717, 1.165) is 24.2 Å². The van der Waals surface area contributed by atoms with Crippen molar-refractivity contribution in [3.05, 3.63) is 35.9 Å². The Morgan fingerprint density at radius 3 is 2.73 bits per heavy atom. The molecule has 1 aromatic rings. The summed E-state index contributed by atoms with van der Waals surface area (Å²) >= 11 is 0. The van der Waals surface area contributed by atoms with Gasteiger partial charge in [-0.05, 0) is 37.1 Å². The zero-order valence-corrected chi connectivity index (χ0v) is 13.0. The van der Waals surface area contributed by atoms with Gasteiger partial charge in [-0.2, -0.15) is 0 Å². The van der Waals surface area contributed by atoms with Crippen molar-refractivity contribution in [2.45, 2.75) is 25.8 Å². The van der Waals surface area contributed by atoms with Crippen molar-refractivity contribution in [2.75, 3.05) is 25.2 Å². The zero-order chi connectivity index (χ0) is 15.9. The van der Waals surface area contributed by atoms with Crippen molar-refractivity contribution in [3.8, 4) is 0 Å². The quantitative estimate of drug-likeness (QED) is 0.817.